The van der Waals surface area contributed by atoms with Crippen molar-refractivity contribution in [3.05, 3.63) is 88.0 Å². The lowest BCUT2D eigenvalue weighted by atomic mass is 9.80. The Bertz CT molecular complexity index is 1360. The first-order chi connectivity index (χ1) is 17.4. The summed E-state index contributed by atoms with van der Waals surface area (Å²) in [6.45, 7) is 2.17. The van der Waals surface area contributed by atoms with Crippen molar-refractivity contribution in [2.45, 2.75) is 51.9 Å². The van der Waals surface area contributed by atoms with Crippen LogP contribution < -0.4 is 0 Å². The van der Waals surface area contributed by atoms with E-state index >= 15 is 8.78 Å². The van der Waals surface area contributed by atoms with Crippen LogP contribution in [-0.2, 0) is 12.8 Å². The maximum atomic E-state index is 15.4. The summed E-state index contributed by atoms with van der Waals surface area (Å²) in [7, 11) is 0. The van der Waals surface area contributed by atoms with E-state index in [1.54, 1.807) is 24.3 Å². The van der Waals surface area contributed by atoms with Crippen LogP contribution in [0.15, 0.2) is 47.5 Å². The number of thiocarbonyl (C=S) groups is 1. The molecule has 1 aliphatic carbocycles. The maximum Gasteiger partial charge on any atom is 0.153 e. The van der Waals surface area contributed by atoms with Gasteiger partial charge in [0.1, 0.15) is 17.3 Å². The molecule has 0 bridgehead atoms. The molecular weight excluding hydrogens is 482 g/mol. The van der Waals surface area contributed by atoms with E-state index in [1.165, 1.54) is 12.5 Å². The van der Waals surface area contributed by atoms with Crippen molar-refractivity contribution in [2.24, 2.45) is 10.9 Å². The van der Waals surface area contributed by atoms with E-state index in [4.69, 9.17) is 0 Å². The summed E-state index contributed by atoms with van der Waals surface area (Å²) >= 11 is 4.39. The van der Waals surface area contributed by atoms with Gasteiger partial charge < -0.3 is 0 Å². The molecule has 184 valence electrons. The average molecular weight is 508 g/mol. The molecule has 0 N–H and O–H groups in total. The van der Waals surface area contributed by atoms with E-state index < -0.39 is 29.0 Å². The molecule has 1 aliphatic rings. The normalized spacial score (nSPS) is 14.4. The van der Waals surface area contributed by atoms with Gasteiger partial charge in [-0.3, -0.25) is 0 Å². The number of hydrogen-bond donors (Lipinski definition) is 0. The summed E-state index contributed by atoms with van der Waals surface area (Å²) in [5, 5.41) is 1.94. The lowest BCUT2D eigenvalue weighted by Crippen LogP contribution is -2.17. The molecule has 0 heterocycles. The van der Waals surface area contributed by atoms with E-state index in [0.717, 1.165) is 49.8 Å². The molecule has 0 amide bonds. The third-order valence-corrected chi connectivity index (χ3v) is 6.73. The molecule has 36 heavy (non-hydrogen) atoms. The second-order valence-corrected chi connectivity index (χ2v) is 9.29. The molecule has 0 radical (unpaired) electrons. The zero-order valence-electron chi connectivity index (χ0n) is 19.9. The fourth-order valence-electron chi connectivity index (χ4n) is 4.77. The van der Waals surface area contributed by atoms with Gasteiger partial charge in [-0.1, -0.05) is 56.6 Å². The van der Waals surface area contributed by atoms with Gasteiger partial charge in [-0.15, -0.1) is 0 Å². The Hall–Kier alpha value is -3.26. The lowest BCUT2D eigenvalue weighted by Gasteiger charge is -2.26. The first-order valence-electron chi connectivity index (χ1n) is 12.1. The molecule has 1 atom stereocenters. The van der Waals surface area contributed by atoms with E-state index in [1.807, 2.05) is 5.16 Å². The smallest absolute Gasteiger partial charge is 0.153 e. The highest BCUT2D eigenvalue weighted by molar-refractivity contribution is 7.78. The van der Waals surface area contributed by atoms with Crippen LogP contribution in [-0.4, -0.2) is 5.16 Å². The van der Waals surface area contributed by atoms with Crippen LogP contribution in [0.3, 0.4) is 0 Å². The van der Waals surface area contributed by atoms with Crippen LogP contribution in [0.1, 0.15) is 61.3 Å². The summed E-state index contributed by atoms with van der Waals surface area (Å²) in [6.07, 6.45) is 6.88. The van der Waals surface area contributed by atoms with Crippen LogP contribution in [0.5, 0.6) is 0 Å². The molecule has 0 saturated carbocycles. The highest BCUT2D eigenvalue weighted by Gasteiger charge is 2.25. The monoisotopic (exact) mass is 507 g/mol. The SMILES string of the molecule is CCCCCC1CCc2c(cc(F)c(-c3ccc(C#Cc4cc(F)c(N=C=S)c(F)c4)cc3)c2F)C1. The summed E-state index contributed by atoms with van der Waals surface area (Å²) in [6, 6.07) is 10.1. The van der Waals surface area contributed by atoms with Crippen LogP contribution in [0.25, 0.3) is 11.1 Å². The van der Waals surface area contributed by atoms with Gasteiger partial charge in [-0.2, -0.15) is 4.99 Å². The number of hydrogen-bond acceptors (Lipinski definition) is 2. The molecule has 0 fully saturated rings. The quantitative estimate of drug-likeness (QED) is 0.107. The van der Waals surface area contributed by atoms with Crippen LogP contribution in [0.2, 0.25) is 0 Å². The lowest BCUT2D eigenvalue weighted by molar-refractivity contribution is 0.399. The minimum absolute atomic E-state index is 0.0310. The van der Waals surface area contributed by atoms with Gasteiger partial charge in [0.25, 0.3) is 0 Å². The third-order valence-electron chi connectivity index (χ3n) is 6.64. The predicted octanol–water partition coefficient (Wildman–Crippen LogP) is 8.73. The zero-order valence-corrected chi connectivity index (χ0v) is 20.8. The van der Waals surface area contributed by atoms with E-state index in [-0.39, 0.29) is 11.1 Å². The third kappa shape index (κ3) is 5.75. The number of fused-ring (bicyclic) bond motifs is 1. The van der Waals surface area contributed by atoms with Gasteiger partial charge >= 0.3 is 0 Å². The van der Waals surface area contributed by atoms with Gasteiger partial charge in [0.2, 0.25) is 0 Å². The van der Waals surface area contributed by atoms with E-state index in [2.05, 4.69) is 36.0 Å². The first kappa shape index (κ1) is 25.8. The van der Waals surface area contributed by atoms with E-state index in [9.17, 15) is 8.78 Å². The number of aliphatic imine (C=N–C) groups is 1. The summed E-state index contributed by atoms with van der Waals surface area (Å²) < 4.78 is 58.4. The molecule has 6 heteroatoms. The van der Waals surface area contributed by atoms with Gasteiger partial charge in [0.15, 0.2) is 11.6 Å². The highest BCUT2D eigenvalue weighted by atomic mass is 32.1. The molecule has 0 aromatic heterocycles. The Kier molecular flexibility index (Phi) is 8.36. The van der Waals surface area contributed by atoms with Gasteiger partial charge in [0, 0.05) is 11.1 Å². The minimum atomic E-state index is -0.891. The number of isothiocyanates is 1. The van der Waals surface area contributed by atoms with Crippen molar-refractivity contribution in [1.29, 1.82) is 0 Å². The Morgan fingerprint density at radius 2 is 1.61 bits per heavy atom. The van der Waals surface area contributed by atoms with E-state index in [0.29, 0.717) is 29.0 Å². The molecule has 1 nitrogen and oxygen atoms in total. The second kappa shape index (κ2) is 11.6. The standard InChI is InChI=1S/C30H25F4NS/c1-2-3-4-5-20-10-13-24-23(14-20)17-25(31)28(29(24)34)22-11-8-19(9-12-22)6-7-21-15-26(32)30(35-18-36)27(33)16-21/h8-9,11-12,15-17,20H,2-5,10,13-14H2,1H3. The van der Waals surface area contributed by atoms with Crippen LogP contribution >= 0.6 is 12.2 Å². The van der Waals surface area contributed by atoms with Crippen molar-refractivity contribution < 1.29 is 17.6 Å². The van der Waals surface area contributed by atoms with Crippen molar-refractivity contribution in [1.82, 2.24) is 0 Å². The molecule has 3 aromatic rings. The van der Waals surface area contributed by atoms with Crippen molar-refractivity contribution >= 4 is 23.1 Å². The summed E-state index contributed by atoms with van der Waals surface area (Å²) in [5.74, 6) is 3.15. The zero-order chi connectivity index (χ0) is 25.7. The number of benzene rings is 3. The second-order valence-electron chi connectivity index (χ2n) is 9.11. The number of halogens is 4. The Morgan fingerprint density at radius 3 is 2.28 bits per heavy atom. The van der Waals surface area contributed by atoms with Crippen LogP contribution in [0, 0.1) is 41.0 Å². The summed E-state index contributed by atoms with van der Waals surface area (Å²) in [5.41, 5.74) is 1.94. The molecular formula is C30H25F4NS. The number of unbranched alkanes of at least 4 members (excludes halogenated alkanes) is 2. The minimum Gasteiger partial charge on any atom is -0.206 e. The summed E-state index contributed by atoms with van der Waals surface area (Å²) in [4.78, 5) is 3.37. The van der Waals surface area contributed by atoms with Gasteiger partial charge in [-0.25, -0.2) is 17.6 Å². The predicted molar refractivity (Wildman–Crippen MR) is 138 cm³/mol. The van der Waals surface area contributed by atoms with Gasteiger partial charge in [-0.05, 0) is 84.4 Å². The molecule has 0 aliphatic heterocycles. The largest absolute Gasteiger partial charge is 0.206 e. The van der Waals surface area contributed by atoms with Gasteiger partial charge in [0.05, 0.1) is 10.7 Å². The molecule has 3 aromatic carbocycles. The average Bonchev–Trinajstić information content (AvgIpc) is 2.86. The fraction of sp³-hybridized carbons (Fsp3) is 0.300. The molecule has 0 saturated heterocycles. The number of nitrogens with zero attached hydrogens (tertiary/aromatic N) is 1. The van der Waals surface area contributed by atoms with Crippen molar-refractivity contribution in [3.63, 3.8) is 0 Å². The van der Waals surface area contributed by atoms with Crippen molar-refractivity contribution in [2.75, 3.05) is 0 Å². The molecule has 4 rings (SSSR count). The maximum absolute atomic E-state index is 15.4. The molecule has 1 unspecified atom stereocenters. The first-order valence-corrected chi connectivity index (χ1v) is 12.5. The van der Waals surface area contributed by atoms with Crippen molar-refractivity contribution in [3.8, 4) is 23.0 Å². The van der Waals surface area contributed by atoms with Crippen LogP contribution in [0.4, 0.5) is 23.2 Å². The Labute approximate surface area is 214 Å². The number of rotatable bonds is 6. The highest BCUT2D eigenvalue weighted by Crippen LogP contribution is 2.36. The molecule has 0 spiro atoms. The fourth-order valence-corrected chi connectivity index (χ4v) is 4.86. The Morgan fingerprint density at radius 1 is 0.917 bits per heavy atom. The Balaban J connectivity index is 1.55. The topological polar surface area (TPSA) is 12.4 Å².